The van der Waals surface area contributed by atoms with Crippen LogP contribution in [-0.2, 0) is 16.1 Å². The average Bonchev–Trinajstić information content (AvgIpc) is 2.31. The first kappa shape index (κ1) is 11.1. The second-order valence-electron chi connectivity index (χ2n) is 3.87. The van der Waals surface area contributed by atoms with Crippen molar-refractivity contribution < 1.29 is 14.6 Å². The van der Waals surface area contributed by atoms with E-state index in [2.05, 4.69) is 0 Å². The summed E-state index contributed by atoms with van der Waals surface area (Å²) < 4.78 is 5.15. The highest BCUT2D eigenvalue weighted by Gasteiger charge is 2.23. The summed E-state index contributed by atoms with van der Waals surface area (Å²) in [5, 5.41) is 10.9. The summed E-state index contributed by atoms with van der Waals surface area (Å²) in [5.41, 5.74) is 1.11. The van der Waals surface area contributed by atoms with E-state index in [1.54, 1.807) is 0 Å². The maximum Gasteiger partial charge on any atom is 0.0734 e. The fourth-order valence-electron chi connectivity index (χ4n) is 1.86. The molecule has 0 aromatic heterocycles. The maximum absolute atomic E-state index is 10.9. The third-order valence-corrected chi connectivity index (χ3v) is 2.74. The van der Waals surface area contributed by atoms with Gasteiger partial charge >= 0.3 is 0 Å². The predicted octanol–water partition coefficient (Wildman–Crippen LogP) is -0.363. The Morgan fingerprint density at radius 2 is 2.19 bits per heavy atom. The van der Waals surface area contributed by atoms with Gasteiger partial charge in [0.2, 0.25) is 0 Å². The Kier molecular flexibility index (Phi) is 3.54. The van der Waals surface area contributed by atoms with Gasteiger partial charge in [-0.05, 0) is 5.56 Å². The SMILES string of the molecule is O=C([O-])[C@H]1COCCN1Cc1ccccc1. The van der Waals surface area contributed by atoms with Crippen LogP contribution in [0.5, 0.6) is 0 Å². The molecule has 2 rings (SSSR count). The summed E-state index contributed by atoms with van der Waals surface area (Å²) in [6, 6.07) is 9.19. The zero-order chi connectivity index (χ0) is 11.4. The topological polar surface area (TPSA) is 52.6 Å². The van der Waals surface area contributed by atoms with Crippen LogP contribution in [0.15, 0.2) is 30.3 Å². The highest BCUT2D eigenvalue weighted by Crippen LogP contribution is 2.11. The van der Waals surface area contributed by atoms with Gasteiger partial charge in [0, 0.05) is 13.1 Å². The van der Waals surface area contributed by atoms with Gasteiger partial charge in [0.1, 0.15) is 0 Å². The summed E-state index contributed by atoms with van der Waals surface area (Å²) in [5.74, 6) is -1.06. The van der Waals surface area contributed by atoms with Crippen LogP contribution in [0.1, 0.15) is 5.56 Å². The molecule has 1 aromatic rings. The zero-order valence-electron chi connectivity index (χ0n) is 8.96. The number of rotatable bonds is 3. The van der Waals surface area contributed by atoms with Crippen LogP contribution in [0.2, 0.25) is 0 Å². The number of carbonyl (C=O) groups excluding carboxylic acids is 1. The molecule has 0 radical (unpaired) electrons. The standard InChI is InChI=1S/C12H15NO3/c14-12(15)11-9-16-7-6-13(11)8-10-4-2-1-3-5-10/h1-5,11H,6-9H2,(H,14,15)/p-1/t11-/m1/s1. The molecule has 1 heterocycles. The Morgan fingerprint density at radius 1 is 1.44 bits per heavy atom. The molecule has 1 saturated heterocycles. The monoisotopic (exact) mass is 220 g/mol. The molecular formula is C12H14NO3-. The molecule has 0 N–H and O–H groups in total. The summed E-state index contributed by atoms with van der Waals surface area (Å²) in [4.78, 5) is 12.8. The molecule has 0 aliphatic carbocycles. The molecule has 0 saturated carbocycles. The fourth-order valence-corrected chi connectivity index (χ4v) is 1.86. The van der Waals surface area contributed by atoms with E-state index in [4.69, 9.17) is 4.74 Å². The molecule has 4 nitrogen and oxygen atoms in total. The number of hydrogen-bond donors (Lipinski definition) is 0. The Hall–Kier alpha value is -1.39. The minimum atomic E-state index is -1.06. The third-order valence-electron chi connectivity index (χ3n) is 2.74. The van der Waals surface area contributed by atoms with Crippen LogP contribution in [0.3, 0.4) is 0 Å². The van der Waals surface area contributed by atoms with Gasteiger partial charge in [-0.1, -0.05) is 30.3 Å². The van der Waals surface area contributed by atoms with E-state index in [1.165, 1.54) is 0 Å². The van der Waals surface area contributed by atoms with Gasteiger partial charge < -0.3 is 14.6 Å². The molecule has 1 aromatic carbocycles. The van der Waals surface area contributed by atoms with E-state index in [-0.39, 0.29) is 6.61 Å². The second-order valence-corrected chi connectivity index (χ2v) is 3.87. The van der Waals surface area contributed by atoms with Crippen LogP contribution in [0.4, 0.5) is 0 Å². The number of nitrogens with zero attached hydrogens (tertiary/aromatic N) is 1. The van der Waals surface area contributed by atoms with E-state index >= 15 is 0 Å². The smallest absolute Gasteiger partial charge is 0.0734 e. The highest BCUT2D eigenvalue weighted by molar-refractivity contribution is 5.71. The van der Waals surface area contributed by atoms with E-state index in [0.29, 0.717) is 19.7 Å². The molecule has 0 unspecified atom stereocenters. The van der Waals surface area contributed by atoms with Gasteiger partial charge in [-0.3, -0.25) is 4.90 Å². The molecule has 4 heteroatoms. The van der Waals surface area contributed by atoms with Crippen molar-refractivity contribution in [2.75, 3.05) is 19.8 Å². The first-order chi connectivity index (χ1) is 7.77. The van der Waals surface area contributed by atoms with Gasteiger partial charge in [0.25, 0.3) is 0 Å². The lowest BCUT2D eigenvalue weighted by Gasteiger charge is -2.36. The normalized spacial score (nSPS) is 21.9. The van der Waals surface area contributed by atoms with Gasteiger partial charge in [0.05, 0.1) is 25.2 Å². The molecule has 1 atom stereocenters. The number of benzene rings is 1. The summed E-state index contributed by atoms with van der Waals surface area (Å²) in [7, 11) is 0. The number of morpholine rings is 1. The second kappa shape index (κ2) is 5.09. The van der Waals surface area contributed by atoms with E-state index in [0.717, 1.165) is 5.56 Å². The number of hydrogen-bond acceptors (Lipinski definition) is 4. The summed E-state index contributed by atoms with van der Waals surface area (Å²) in [6.45, 7) is 2.06. The lowest BCUT2D eigenvalue weighted by molar-refractivity contribution is -0.314. The van der Waals surface area contributed by atoms with Crippen molar-refractivity contribution in [3.05, 3.63) is 35.9 Å². The van der Waals surface area contributed by atoms with Gasteiger partial charge in [-0.25, -0.2) is 0 Å². The van der Waals surface area contributed by atoms with Crippen molar-refractivity contribution in [1.29, 1.82) is 0 Å². The van der Waals surface area contributed by atoms with E-state index < -0.39 is 12.0 Å². The van der Waals surface area contributed by atoms with Gasteiger partial charge in [-0.15, -0.1) is 0 Å². The molecule has 0 spiro atoms. The Balaban J connectivity index is 2.04. The molecular weight excluding hydrogens is 206 g/mol. The first-order valence-corrected chi connectivity index (χ1v) is 5.34. The van der Waals surface area contributed by atoms with E-state index in [1.807, 2.05) is 35.2 Å². The number of ether oxygens (including phenoxy) is 1. The fraction of sp³-hybridized carbons (Fsp3) is 0.417. The van der Waals surface area contributed by atoms with Gasteiger partial charge in [-0.2, -0.15) is 0 Å². The van der Waals surface area contributed by atoms with Crippen LogP contribution in [-0.4, -0.2) is 36.7 Å². The van der Waals surface area contributed by atoms with Crippen molar-refractivity contribution in [3.8, 4) is 0 Å². The molecule has 86 valence electrons. The lowest BCUT2D eigenvalue weighted by Crippen LogP contribution is -2.54. The number of carboxylic acid groups (broad SMARTS) is 1. The Bertz CT molecular complexity index is 353. The zero-order valence-corrected chi connectivity index (χ0v) is 8.96. The predicted molar refractivity (Wildman–Crippen MR) is 56.5 cm³/mol. The minimum absolute atomic E-state index is 0.217. The number of carbonyl (C=O) groups is 1. The highest BCUT2D eigenvalue weighted by atomic mass is 16.5. The van der Waals surface area contributed by atoms with Crippen molar-refractivity contribution >= 4 is 5.97 Å². The van der Waals surface area contributed by atoms with Crippen molar-refractivity contribution in [2.45, 2.75) is 12.6 Å². The summed E-state index contributed by atoms with van der Waals surface area (Å²) in [6.07, 6.45) is 0. The van der Waals surface area contributed by atoms with Crippen LogP contribution < -0.4 is 5.11 Å². The third kappa shape index (κ3) is 2.59. The van der Waals surface area contributed by atoms with Crippen molar-refractivity contribution in [2.24, 2.45) is 0 Å². The average molecular weight is 220 g/mol. The lowest BCUT2D eigenvalue weighted by atomic mass is 10.1. The van der Waals surface area contributed by atoms with Crippen LogP contribution in [0, 0.1) is 0 Å². The van der Waals surface area contributed by atoms with Crippen LogP contribution >= 0.6 is 0 Å². The van der Waals surface area contributed by atoms with Gasteiger partial charge in [0.15, 0.2) is 0 Å². The molecule has 1 aliphatic heterocycles. The molecule has 0 bridgehead atoms. The molecule has 16 heavy (non-hydrogen) atoms. The summed E-state index contributed by atoms with van der Waals surface area (Å²) >= 11 is 0. The minimum Gasteiger partial charge on any atom is -0.548 e. The molecule has 0 amide bonds. The number of aliphatic carboxylic acids is 1. The first-order valence-electron chi connectivity index (χ1n) is 5.34. The Labute approximate surface area is 94.4 Å². The van der Waals surface area contributed by atoms with Crippen molar-refractivity contribution in [1.82, 2.24) is 4.90 Å². The quantitative estimate of drug-likeness (QED) is 0.698. The Morgan fingerprint density at radius 3 is 2.88 bits per heavy atom. The largest absolute Gasteiger partial charge is 0.548 e. The van der Waals surface area contributed by atoms with E-state index in [9.17, 15) is 9.90 Å². The van der Waals surface area contributed by atoms with Crippen LogP contribution in [0.25, 0.3) is 0 Å². The van der Waals surface area contributed by atoms with Crippen molar-refractivity contribution in [3.63, 3.8) is 0 Å². The molecule has 1 fully saturated rings. The maximum atomic E-state index is 10.9. The number of carboxylic acids is 1. The molecule has 1 aliphatic rings.